The number of hydrogen-bond acceptors (Lipinski definition) is 6. The zero-order chi connectivity index (χ0) is 22.3. The second-order valence-electron chi connectivity index (χ2n) is 8.40. The molecular weight excluding hydrogens is 428 g/mol. The van der Waals surface area contributed by atoms with Crippen LogP contribution in [0.5, 0.6) is 11.5 Å². The molecule has 4 heterocycles. The van der Waals surface area contributed by atoms with Crippen molar-refractivity contribution in [2.45, 2.75) is 24.7 Å². The van der Waals surface area contributed by atoms with Crippen molar-refractivity contribution in [2.75, 3.05) is 27.3 Å². The van der Waals surface area contributed by atoms with E-state index in [0.717, 1.165) is 10.4 Å². The van der Waals surface area contributed by atoms with Gasteiger partial charge >= 0.3 is 0 Å². The molecule has 1 N–H and O–H groups in total. The molecule has 4 atom stereocenters. The van der Waals surface area contributed by atoms with E-state index in [1.54, 1.807) is 25.6 Å². The van der Waals surface area contributed by atoms with Crippen molar-refractivity contribution >= 4 is 23.2 Å². The number of rotatable bonds is 8. The first-order chi connectivity index (χ1) is 15.5. The summed E-state index contributed by atoms with van der Waals surface area (Å²) in [6.07, 6.45) is 4.24. The molecule has 8 heteroatoms. The molecule has 2 aromatic rings. The van der Waals surface area contributed by atoms with Gasteiger partial charge in [-0.3, -0.25) is 9.59 Å². The molecular formula is C24H26N2O5S. The summed E-state index contributed by atoms with van der Waals surface area (Å²) in [5, 5.41) is 5.03. The van der Waals surface area contributed by atoms with Crippen LogP contribution in [-0.2, 0) is 27.3 Å². The fourth-order valence-electron chi connectivity index (χ4n) is 5.09. The van der Waals surface area contributed by atoms with Crippen molar-refractivity contribution in [3.8, 4) is 11.5 Å². The standard InChI is InChI=1S/C24H26N2O5S/c1-29-17-6-5-15(12-19(17)30-2)8-10-25-22(27)20-18-7-9-24(31-18)14-26(23(28)21(20)24)13-16-4-3-11-32-16/h3-7,9,11-12,18,20-21H,8,10,13-14H2,1-2H3,(H,25,27). The van der Waals surface area contributed by atoms with Crippen molar-refractivity contribution in [1.29, 1.82) is 0 Å². The van der Waals surface area contributed by atoms with Crippen LogP contribution in [0, 0.1) is 11.8 Å². The Balaban J connectivity index is 1.24. The Morgan fingerprint density at radius 2 is 2.12 bits per heavy atom. The summed E-state index contributed by atoms with van der Waals surface area (Å²) in [4.78, 5) is 29.3. The summed E-state index contributed by atoms with van der Waals surface area (Å²) in [5.74, 6) is 0.253. The third kappa shape index (κ3) is 3.47. The highest BCUT2D eigenvalue weighted by Gasteiger charge is 2.66. The second kappa shape index (κ2) is 8.26. The molecule has 7 nitrogen and oxygen atoms in total. The number of amides is 2. The molecule has 2 saturated heterocycles. The Kier molecular flexibility index (Phi) is 5.43. The number of hydrogen-bond donors (Lipinski definition) is 1. The molecule has 0 saturated carbocycles. The average molecular weight is 455 g/mol. The van der Waals surface area contributed by atoms with Crippen LogP contribution in [0.1, 0.15) is 10.4 Å². The normalized spacial score (nSPS) is 27.6. The number of benzene rings is 1. The number of carbonyl (C=O) groups is 2. The van der Waals surface area contributed by atoms with Crippen LogP contribution in [0.3, 0.4) is 0 Å². The lowest BCUT2D eigenvalue weighted by Gasteiger charge is -2.23. The zero-order valence-corrected chi connectivity index (χ0v) is 18.9. The van der Waals surface area contributed by atoms with E-state index in [4.69, 9.17) is 14.2 Å². The summed E-state index contributed by atoms with van der Waals surface area (Å²) in [7, 11) is 3.20. The topological polar surface area (TPSA) is 77.1 Å². The Morgan fingerprint density at radius 1 is 1.28 bits per heavy atom. The highest BCUT2D eigenvalue weighted by Crippen LogP contribution is 2.52. The average Bonchev–Trinajstić information content (AvgIpc) is 3.57. The summed E-state index contributed by atoms with van der Waals surface area (Å²) in [6.45, 7) is 1.52. The van der Waals surface area contributed by atoms with Gasteiger partial charge < -0.3 is 24.4 Å². The first-order valence-electron chi connectivity index (χ1n) is 10.7. The maximum absolute atomic E-state index is 13.2. The zero-order valence-electron chi connectivity index (χ0n) is 18.1. The third-order valence-electron chi connectivity index (χ3n) is 6.57. The molecule has 3 aliphatic heterocycles. The quantitative estimate of drug-likeness (QED) is 0.620. The third-order valence-corrected chi connectivity index (χ3v) is 7.43. The summed E-state index contributed by atoms with van der Waals surface area (Å²) < 4.78 is 16.8. The Morgan fingerprint density at radius 3 is 2.88 bits per heavy atom. The van der Waals surface area contributed by atoms with E-state index in [1.807, 2.05) is 52.8 Å². The summed E-state index contributed by atoms with van der Waals surface area (Å²) >= 11 is 1.63. The van der Waals surface area contributed by atoms with E-state index >= 15 is 0 Å². The predicted octanol–water partition coefficient (Wildman–Crippen LogP) is 2.41. The summed E-state index contributed by atoms with van der Waals surface area (Å²) in [6, 6.07) is 9.72. The number of thiophene rings is 1. The Labute approximate surface area is 191 Å². The molecule has 1 spiro atoms. The lowest BCUT2D eigenvalue weighted by Crippen LogP contribution is -2.44. The van der Waals surface area contributed by atoms with Crippen molar-refractivity contribution in [1.82, 2.24) is 10.2 Å². The molecule has 5 rings (SSSR count). The predicted molar refractivity (Wildman–Crippen MR) is 120 cm³/mol. The van der Waals surface area contributed by atoms with Crippen LogP contribution in [-0.4, -0.2) is 55.7 Å². The van der Waals surface area contributed by atoms with Gasteiger partial charge in [0.25, 0.3) is 0 Å². The fraction of sp³-hybridized carbons (Fsp3) is 0.417. The first kappa shape index (κ1) is 21.0. The minimum atomic E-state index is -0.676. The maximum atomic E-state index is 13.2. The highest BCUT2D eigenvalue weighted by molar-refractivity contribution is 7.09. The van der Waals surface area contributed by atoms with Gasteiger partial charge in [-0.1, -0.05) is 24.3 Å². The number of nitrogens with one attached hydrogen (secondary N) is 1. The van der Waals surface area contributed by atoms with Gasteiger partial charge in [0, 0.05) is 11.4 Å². The van der Waals surface area contributed by atoms with Gasteiger partial charge in [0.15, 0.2) is 11.5 Å². The van der Waals surface area contributed by atoms with Gasteiger partial charge in [0.1, 0.15) is 5.60 Å². The van der Waals surface area contributed by atoms with Crippen LogP contribution >= 0.6 is 11.3 Å². The SMILES string of the molecule is COc1ccc(CCNC(=O)C2C3C=CC4(CN(Cc5cccs5)C(=O)C24)O3)cc1OC. The molecule has 1 aromatic carbocycles. The minimum Gasteiger partial charge on any atom is -0.493 e. The van der Waals surface area contributed by atoms with Crippen LogP contribution in [0.4, 0.5) is 0 Å². The molecule has 1 aromatic heterocycles. The first-order valence-corrected chi connectivity index (χ1v) is 11.6. The molecule has 168 valence electrons. The van der Waals surface area contributed by atoms with E-state index in [9.17, 15) is 9.59 Å². The van der Waals surface area contributed by atoms with Crippen molar-refractivity contribution in [2.24, 2.45) is 11.8 Å². The molecule has 4 unspecified atom stereocenters. The molecule has 0 aliphatic carbocycles. The lowest BCUT2D eigenvalue weighted by atomic mass is 9.77. The van der Waals surface area contributed by atoms with E-state index in [1.165, 1.54) is 0 Å². The lowest BCUT2D eigenvalue weighted by molar-refractivity contribution is -0.137. The smallest absolute Gasteiger partial charge is 0.230 e. The van der Waals surface area contributed by atoms with Gasteiger partial charge in [0.2, 0.25) is 11.8 Å². The monoisotopic (exact) mass is 454 g/mol. The highest BCUT2D eigenvalue weighted by atomic mass is 32.1. The molecule has 32 heavy (non-hydrogen) atoms. The largest absolute Gasteiger partial charge is 0.493 e. The van der Waals surface area contributed by atoms with Crippen LogP contribution in [0.15, 0.2) is 47.9 Å². The van der Waals surface area contributed by atoms with Crippen molar-refractivity contribution < 1.29 is 23.8 Å². The van der Waals surface area contributed by atoms with E-state index in [-0.39, 0.29) is 17.9 Å². The molecule has 2 amide bonds. The molecule has 2 fully saturated rings. The van der Waals surface area contributed by atoms with Crippen LogP contribution in [0.25, 0.3) is 0 Å². The number of methoxy groups -OCH3 is 2. The maximum Gasteiger partial charge on any atom is 0.230 e. The number of fused-ring (bicyclic) bond motifs is 1. The van der Waals surface area contributed by atoms with Crippen molar-refractivity contribution in [3.63, 3.8) is 0 Å². The molecule has 2 bridgehead atoms. The van der Waals surface area contributed by atoms with Gasteiger partial charge in [-0.05, 0) is 35.6 Å². The summed E-state index contributed by atoms with van der Waals surface area (Å²) in [5.41, 5.74) is 0.354. The van der Waals surface area contributed by atoms with Gasteiger partial charge in [0.05, 0.1) is 45.2 Å². The number of ether oxygens (including phenoxy) is 3. The van der Waals surface area contributed by atoms with E-state index in [0.29, 0.717) is 37.6 Å². The van der Waals surface area contributed by atoms with Crippen molar-refractivity contribution in [3.05, 3.63) is 58.3 Å². The Bertz CT molecular complexity index is 1050. The van der Waals surface area contributed by atoms with Crippen LogP contribution in [0.2, 0.25) is 0 Å². The van der Waals surface area contributed by atoms with Gasteiger partial charge in [-0.15, -0.1) is 11.3 Å². The van der Waals surface area contributed by atoms with Gasteiger partial charge in [-0.2, -0.15) is 0 Å². The number of likely N-dealkylation sites (tertiary alicyclic amines) is 1. The number of carbonyl (C=O) groups excluding carboxylic acids is 2. The second-order valence-corrected chi connectivity index (χ2v) is 9.44. The minimum absolute atomic E-state index is 0.00490. The Hall–Kier alpha value is -2.84. The van der Waals surface area contributed by atoms with Crippen LogP contribution < -0.4 is 14.8 Å². The number of nitrogens with zero attached hydrogens (tertiary/aromatic N) is 1. The van der Waals surface area contributed by atoms with E-state index < -0.39 is 17.4 Å². The van der Waals surface area contributed by atoms with E-state index in [2.05, 4.69) is 5.32 Å². The van der Waals surface area contributed by atoms with Gasteiger partial charge in [-0.25, -0.2) is 0 Å². The fourth-order valence-corrected chi connectivity index (χ4v) is 5.81. The molecule has 0 radical (unpaired) electrons. The molecule has 3 aliphatic rings.